The van der Waals surface area contributed by atoms with Gasteiger partial charge in [0.2, 0.25) is 0 Å². The normalized spacial score (nSPS) is 10.2. The third-order valence-electron chi connectivity index (χ3n) is 3.06. The second-order valence-corrected chi connectivity index (χ2v) is 4.55. The number of hydrogen-bond donors (Lipinski definition) is 0. The molecular weight excluding hydrogens is 248 g/mol. The first-order valence-corrected chi connectivity index (χ1v) is 6.30. The van der Waals surface area contributed by atoms with Crippen LogP contribution in [-0.4, -0.2) is 4.98 Å². The summed E-state index contributed by atoms with van der Waals surface area (Å²) in [5.41, 5.74) is 2.36. The molecule has 2 aromatic carbocycles. The molecule has 0 unspecified atom stereocenters. The highest BCUT2D eigenvalue weighted by molar-refractivity contribution is 5.87. The average molecular weight is 260 g/mol. The van der Waals surface area contributed by atoms with Crippen molar-refractivity contribution in [3.05, 3.63) is 65.9 Å². The summed E-state index contributed by atoms with van der Waals surface area (Å²) >= 11 is 0. The van der Waals surface area contributed by atoms with Crippen LogP contribution in [-0.2, 0) is 0 Å². The maximum absolute atomic E-state index is 9.24. The zero-order chi connectivity index (χ0) is 13.9. The molecule has 3 nitrogen and oxygen atoms in total. The molecule has 3 heteroatoms. The van der Waals surface area contributed by atoms with Crippen molar-refractivity contribution in [1.82, 2.24) is 4.98 Å². The van der Waals surface area contributed by atoms with Crippen molar-refractivity contribution < 1.29 is 4.74 Å². The van der Waals surface area contributed by atoms with Crippen LogP contribution in [0.25, 0.3) is 10.9 Å². The van der Waals surface area contributed by atoms with Crippen LogP contribution in [0.4, 0.5) is 0 Å². The zero-order valence-corrected chi connectivity index (χ0v) is 11.0. The van der Waals surface area contributed by atoms with Gasteiger partial charge >= 0.3 is 0 Å². The van der Waals surface area contributed by atoms with Crippen molar-refractivity contribution in [3.8, 4) is 17.6 Å². The van der Waals surface area contributed by atoms with Crippen molar-refractivity contribution in [2.24, 2.45) is 0 Å². The SMILES string of the molecule is Cc1cccc(Oc2c(C#N)cnc3ccccc23)c1. The summed E-state index contributed by atoms with van der Waals surface area (Å²) in [5, 5.41) is 10.1. The maximum Gasteiger partial charge on any atom is 0.156 e. The Morgan fingerprint density at radius 2 is 1.95 bits per heavy atom. The quantitative estimate of drug-likeness (QED) is 0.693. The number of benzene rings is 2. The van der Waals surface area contributed by atoms with E-state index in [4.69, 9.17) is 4.74 Å². The van der Waals surface area contributed by atoms with Gasteiger partial charge in [-0.05, 0) is 36.8 Å². The molecular formula is C17H12N2O. The maximum atomic E-state index is 9.24. The van der Waals surface area contributed by atoms with E-state index in [1.54, 1.807) is 6.20 Å². The van der Waals surface area contributed by atoms with Gasteiger partial charge in [-0.25, -0.2) is 0 Å². The van der Waals surface area contributed by atoms with Crippen LogP contribution in [0.15, 0.2) is 54.7 Å². The molecule has 0 atom stereocenters. The zero-order valence-electron chi connectivity index (χ0n) is 11.0. The van der Waals surface area contributed by atoms with Crippen molar-refractivity contribution in [2.45, 2.75) is 6.92 Å². The highest BCUT2D eigenvalue weighted by Gasteiger charge is 2.10. The van der Waals surface area contributed by atoms with Crippen molar-refractivity contribution in [3.63, 3.8) is 0 Å². The number of nitriles is 1. The first kappa shape index (κ1) is 12.2. The van der Waals surface area contributed by atoms with Gasteiger partial charge in [0, 0.05) is 11.6 Å². The number of rotatable bonds is 2. The lowest BCUT2D eigenvalue weighted by Crippen LogP contribution is -1.92. The Labute approximate surface area is 117 Å². The minimum absolute atomic E-state index is 0.435. The van der Waals surface area contributed by atoms with Crippen molar-refractivity contribution >= 4 is 10.9 Å². The van der Waals surface area contributed by atoms with Crippen LogP contribution < -0.4 is 4.74 Å². The van der Waals surface area contributed by atoms with E-state index >= 15 is 0 Å². The van der Waals surface area contributed by atoms with Gasteiger partial charge in [-0.1, -0.05) is 24.3 Å². The lowest BCUT2D eigenvalue weighted by molar-refractivity contribution is 0.486. The lowest BCUT2D eigenvalue weighted by Gasteiger charge is -2.10. The summed E-state index contributed by atoms with van der Waals surface area (Å²) in [5.74, 6) is 1.28. The fourth-order valence-electron chi connectivity index (χ4n) is 2.10. The fourth-order valence-corrected chi connectivity index (χ4v) is 2.10. The molecule has 0 saturated heterocycles. The minimum Gasteiger partial charge on any atom is -0.455 e. The predicted octanol–water partition coefficient (Wildman–Crippen LogP) is 4.21. The van der Waals surface area contributed by atoms with Gasteiger partial charge in [0.15, 0.2) is 5.75 Å². The summed E-state index contributed by atoms with van der Waals surface area (Å²) in [7, 11) is 0. The van der Waals surface area contributed by atoms with Gasteiger partial charge in [0.05, 0.1) is 5.52 Å². The standard InChI is InChI=1S/C17H12N2O/c1-12-5-4-6-14(9-12)20-17-13(10-18)11-19-16-8-3-2-7-15(16)17/h2-9,11H,1H3. The van der Waals surface area contributed by atoms with Crippen LogP contribution in [0.3, 0.4) is 0 Å². The Hall–Kier alpha value is -2.86. The molecule has 1 aromatic heterocycles. The molecule has 1 heterocycles. The minimum atomic E-state index is 0.435. The van der Waals surface area contributed by atoms with Gasteiger partial charge in [0.1, 0.15) is 17.4 Å². The lowest BCUT2D eigenvalue weighted by atomic mass is 10.1. The van der Waals surface area contributed by atoms with E-state index in [2.05, 4.69) is 11.1 Å². The molecule has 0 saturated carbocycles. The van der Waals surface area contributed by atoms with Crippen LogP contribution in [0, 0.1) is 18.3 Å². The van der Waals surface area contributed by atoms with E-state index < -0.39 is 0 Å². The topological polar surface area (TPSA) is 45.9 Å². The van der Waals surface area contributed by atoms with Crippen LogP contribution in [0.1, 0.15) is 11.1 Å². The first-order chi connectivity index (χ1) is 9.78. The van der Waals surface area contributed by atoms with Gasteiger partial charge in [-0.2, -0.15) is 5.26 Å². The molecule has 0 N–H and O–H groups in total. The predicted molar refractivity (Wildman–Crippen MR) is 77.7 cm³/mol. The number of para-hydroxylation sites is 1. The molecule has 0 aliphatic carbocycles. The van der Waals surface area contributed by atoms with Gasteiger partial charge < -0.3 is 4.74 Å². The fraction of sp³-hybridized carbons (Fsp3) is 0.0588. The van der Waals surface area contributed by atoms with Gasteiger partial charge in [-0.15, -0.1) is 0 Å². The van der Waals surface area contributed by atoms with E-state index in [1.165, 1.54) is 0 Å². The van der Waals surface area contributed by atoms with Crippen molar-refractivity contribution in [1.29, 1.82) is 5.26 Å². The highest BCUT2D eigenvalue weighted by atomic mass is 16.5. The monoisotopic (exact) mass is 260 g/mol. The number of nitrogens with zero attached hydrogens (tertiary/aromatic N) is 2. The second kappa shape index (κ2) is 5.02. The molecule has 20 heavy (non-hydrogen) atoms. The smallest absolute Gasteiger partial charge is 0.156 e. The molecule has 0 fully saturated rings. The van der Waals surface area contributed by atoms with E-state index in [9.17, 15) is 5.26 Å². The molecule has 0 amide bonds. The second-order valence-electron chi connectivity index (χ2n) is 4.55. The Morgan fingerprint density at radius 3 is 2.75 bits per heavy atom. The largest absolute Gasteiger partial charge is 0.455 e. The molecule has 0 aliphatic heterocycles. The molecule has 0 spiro atoms. The number of fused-ring (bicyclic) bond motifs is 1. The molecule has 3 aromatic rings. The Balaban J connectivity index is 2.17. The number of aryl methyl sites for hydroxylation is 1. The summed E-state index contributed by atoms with van der Waals surface area (Å²) in [6.07, 6.45) is 1.55. The highest BCUT2D eigenvalue weighted by Crippen LogP contribution is 2.32. The van der Waals surface area contributed by atoms with E-state index in [1.807, 2.05) is 55.5 Å². The number of aromatic nitrogens is 1. The molecule has 0 bridgehead atoms. The summed E-state index contributed by atoms with van der Waals surface area (Å²) < 4.78 is 5.93. The summed E-state index contributed by atoms with van der Waals surface area (Å²) in [4.78, 5) is 4.27. The Morgan fingerprint density at radius 1 is 1.10 bits per heavy atom. The van der Waals surface area contributed by atoms with Gasteiger partial charge in [0.25, 0.3) is 0 Å². The Kier molecular flexibility index (Phi) is 3.06. The number of pyridine rings is 1. The summed E-state index contributed by atoms with van der Waals surface area (Å²) in [6.45, 7) is 2.00. The third-order valence-corrected chi connectivity index (χ3v) is 3.06. The molecule has 0 radical (unpaired) electrons. The van der Waals surface area contributed by atoms with Crippen molar-refractivity contribution in [2.75, 3.05) is 0 Å². The van der Waals surface area contributed by atoms with Crippen LogP contribution in [0.2, 0.25) is 0 Å². The molecule has 3 rings (SSSR count). The van der Waals surface area contributed by atoms with Crippen LogP contribution >= 0.6 is 0 Å². The third kappa shape index (κ3) is 2.19. The molecule has 0 aliphatic rings. The average Bonchev–Trinajstić information content (AvgIpc) is 2.48. The van der Waals surface area contributed by atoms with E-state index in [0.29, 0.717) is 11.3 Å². The first-order valence-electron chi connectivity index (χ1n) is 6.30. The number of hydrogen-bond acceptors (Lipinski definition) is 3. The van der Waals surface area contributed by atoms with E-state index in [0.717, 1.165) is 22.2 Å². The number of ether oxygens (including phenoxy) is 1. The molecule has 96 valence electrons. The summed E-state index contributed by atoms with van der Waals surface area (Å²) in [6, 6.07) is 17.5. The van der Waals surface area contributed by atoms with Crippen LogP contribution in [0.5, 0.6) is 11.5 Å². The van der Waals surface area contributed by atoms with Gasteiger partial charge in [-0.3, -0.25) is 4.98 Å². The Bertz CT molecular complexity index is 819. The van der Waals surface area contributed by atoms with E-state index in [-0.39, 0.29) is 0 Å².